The molecule has 1 fully saturated rings. The van der Waals surface area contributed by atoms with Crippen molar-refractivity contribution in [3.63, 3.8) is 0 Å². The maximum absolute atomic E-state index is 13.1. The topological polar surface area (TPSA) is 49.4 Å². The molecule has 0 aromatic heterocycles. The zero-order valence-corrected chi connectivity index (χ0v) is 15.4. The van der Waals surface area contributed by atoms with Gasteiger partial charge in [0.1, 0.15) is 5.54 Å². The lowest BCUT2D eigenvalue weighted by molar-refractivity contribution is -0.134. The van der Waals surface area contributed by atoms with Crippen molar-refractivity contribution in [3.05, 3.63) is 70.2 Å². The summed E-state index contributed by atoms with van der Waals surface area (Å²) < 4.78 is 0. The Hall–Kier alpha value is -2.33. The lowest BCUT2D eigenvalue weighted by Gasteiger charge is -2.29. The number of rotatable bonds is 3. The van der Waals surface area contributed by atoms with Crippen molar-refractivity contribution < 1.29 is 9.59 Å². The van der Waals surface area contributed by atoms with Crippen LogP contribution in [-0.4, -0.2) is 28.8 Å². The number of nitrogens with zero attached hydrogens (tertiary/aromatic N) is 1. The van der Waals surface area contributed by atoms with Crippen LogP contribution >= 0.6 is 11.6 Å². The fourth-order valence-corrected chi connectivity index (χ4v) is 4.28. The van der Waals surface area contributed by atoms with Gasteiger partial charge in [0, 0.05) is 17.1 Å². The SMILES string of the molecule is CC1(NC(=O)c2cccc(Cl)c2)CCN(C2CCc3ccccc32)C1=O. The van der Waals surface area contributed by atoms with E-state index in [0.717, 1.165) is 12.8 Å². The van der Waals surface area contributed by atoms with Crippen molar-refractivity contribution in [3.8, 4) is 0 Å². The van der Waals surface area contributed by atoms with Gasteiger partial charge in [0.05, 0.1) is 6.04 Å². The van der Waals surface area contributed by atoms with E-state index in [1.165, 1.54) is 11.1 Å². The summed E-state index contributed by atoms with van der Waals surface area (Å²) in [5, 5.41) is 3.44. The van der Waals surface area contributed by atoms with E-state index in [-0.39, 0.29) is 17.9 Å². The van der Waals surface area contributed by atoms with E-state index < -0.39 is 5.54 Å². The molecule has 2 aliphatic rings. The zero-order valence-electron chi connectivity index (χ0n) is 14.7. The molecule has 0 saturated carbocycles. The van der Waals surface area contributed by atoms with Crippen LogP contribution < -0.4 is 5.32 Å². The molecule has 2 aromatic rings. The minimum Gasteiger partial charge on any atom is -0.338 e. The van der Waals surface area contributed by atoms with Gasteiger partial charge >= 0.3 is 0 Å². The maximum Gasteiger partial charge on any atom is 0.252 e. The van der Waals surface area contributed by atoms with Crippen molar-refractivity contribution in [2.24, 2.45) is 0 Å². The Bertz CT molecular complexity index is 882. The summed E-state index contributed by atoms with van der Waals surface area (Å²) in [5.74, 6) is -0.272. The van der Waals surface area contributed by atoms with Crippen LogP contribution in [0.3, 0.4) is 0 Å². The van der Waals surface area contributed by atoms with E-state index in [2.05, 4.69) is 17.4 Å². The number of carbonyl (C=O) groups excluding carboxylic acids is 2. The summed E-state index contributed by atoms with van der Waals surface area (Å²) in [4.78, 5) is 27.7. The Morgan fingerprint density at radius 3 is 2.85 bits per heavy atom. The summed E-state index contributed by atoms with van der Waals surface area (Å²) in [6.07, 6.45) is 2.55. The second kappa shape index (κ2) is 6.44. The smallest absolute Gasteiger partial charge is 0.252 e. The molecule has 134 valence electrons. The van der Waals surface area contributed by atoms with E-state index in [4.69, 9.17) is 11.6 Å². The molecule has 26 heavy (non-hydrogen) atoms. The monoisotopic (exact) mass is 368 g/mol. The zero-order chi connectivity index (χ0) is 18.3. The van der Waals surface area contributed by atoms with Gasteiger partial charge in [-0.25, -0.2) is 0 Å². The molecule has 0 radical (unpaired) electrons. The Morgan fingerprint density at radius 1 is 1.23 bits per heavy atom. The summed E-state index contributed by atoms with van der Waals surface area (Å²) in [6, 6.07) is 15.2. The number of hydrogen-bond acceptors (Lipinski definition) is 2. The minimum absolute atomic E-state index is 0.00502. The summed E-state index contributed by atoms with van der Waals surface area (Å²) in [7, 11) is 0. The van der Waals surface area contributed by atoms with E-state index >= 15 is 0 Å². The van der Waals surface area contributed by atoms with Crippen molar-refractivity contribution in [2.45, 2.75) is 37.8 Å². The van der Waals surface area contributed by atoms with Crippen molar-refractivity contribution >= 4 is 23.4 Å². The molecule has 0 bridgehead atoms. The van der Waals surface area contributed by atoms with Crippen LogP contribution in [0.15, 0.2) is 48.5 Å². The molecule has 2 amide bonds. The minimum atomic E-state index is -0.878. The Labute approximate surface area is 158 Å². The first-order chi connectivity index (χ1) is 12.5. The predicted molar refractivity (Wildman–Crippen MR) is 101 cm³/mol. The van der Waals surface area contributed by atoms with Crippen LogP contribution in [0.25, 0.3) is 0 Å². The first kappa shape index (κ1) is 17.1. The third kappa shape index (κ3) is 2.88. The maximum atomic E-state index is 13.1. The highest BCUT2D eigenvalue weighted by molar-refractivity contribution is 6.31. The number of likely N-dealkylation sites (tertiary alicyclic amines) is 1. The number of carbonyl (C=O) groups is 2. The van der Waals surface area contributed by atoms with Gasteiger partial charge in [0.25, 0.3) is 5.91 Å². The molecule has 1 N–H and O–H groups in total. The van der Waals surface area contributed by atoms with Crippen LogP contribution in [0.2, 0.25) is 5.02 Å². The number of amides is 2. The number of hydrogen-bond donors (Lipinski definition) is 1. The van der Waals surface area contributed by atoms with Gasteiger partial charge < -0.3 is 10.2 Å². The quantitative estimate of drug-likeness (QED) is 0.897. The molecule has 1 aliphatic carbocycles. The van der Waals surface area contributed by atoms with E-state index in [1.807, 2.05) is 24.0 Å². The fourth-order valence-electron chi connectivity index (χ4n) is 4.09. The van der Waals surface area contributed by atoms with Gasteiger partial charge in [-0.1, -0.05) is 41.9 Å². The van der Waals surface area contributed by atoms with Gasteiger partial charge in [0.15, 0.2) is 0 Å². The molecule has 4 nitrogen and oxygen atoms in total. The summed E-state index contributed by atoms with van der Waals surface area (Å²) in [6.45, 7) is 2.47. The van der Waals surface area contributed by atoms with Crippen molar-refractivity contribution in [1.29, 1.82) is 0 Å². The standard InChI is InChI=1S/C21H21ClN2O2/c1-21(23-19(25)15-6-4-7-16(22)13-15)11-12-24(20(21)26)18-10-9-14-5-2-3-8-17(14)18/h2-8,13,18H,9-12H2,1H3,(H,23,25). The van der Waals surface area contributed by atoms with Gasteiger partial charge in [-0.15, -0.1) is 0 Å². The second-order valence-electron chi connectivity index (χ2n) is 7.30. The molecule has 1 aliphatic heterocycles. The van der Waals surface area contributed by atoms with Crippen LogP contribution in [0.4, 0.5) is 0 Å². The molecular formula is C21H21ClN2O2. The van der Waals surface area contributed by atoms with E-state index in [1.54, 1.807) is 24.3 Å². The van der Waals surface area contributed by atoms with Gasteiger partial charge in [-0.2, -0.15) is 0 Å². The normalized spacial score (nSPS) is 24.6. The molecular weight excluding hydrogens is 348 g/mol. The third-order valence-electron chi connectivity index (χ3n) is 5.54. The molecule has 5 heteroatoms. The highest BCUT2D eigenvalue weighted by Crippen LogP contribution is 2.39. The average molecular weight is 369 g/mol. The molecule has 2 aromatic carbocycles. The Morgan fingerprint density at radius 2 is 2.04 bits per heavy atom. The fraction of sp³-hybridized carbons (Fsp3) is 0.333. The molecule has 1 saturated heterocycles. The van der Waals surface area contributed by atoms with Gasteiger partial charge in [-0.3, -0.25) is 9.59 Å². The summed E-state index contributed by atoms with van der Waals surface area (Å²) >= 11 is 5.97. The molecule has 4 rings (SSSR count). The van der Waals surface area contributed by atoms with E-state index in [0.29, 0.717) is 23.6 Å². The average Bonchev–Trinajstić information content (AvgIpc) is 3.17. The second-order valence-corrected chi connectivity index (χ2v) is 7.73. The Kier molecular flexibility index (Phi) is 4.23. The van der Waals surface area contributed by atoms with Crippen LogP contribution in [0, 0.1) is 0 Å². The largest absolute Gasteiger partial charge is 0.338 e. The molecule has 1 heterocycles. The number of halogens is 1. The number of benzene rings is 2. The lowest BCUT2D eigenvalue weighted by atomic mass is 9.99. The van der Waals surface area contributed by atoms with Crippen LogP contribution in [-0.2, 0) is 11.2 Å². The lowest BCUT2D eigenvalue weighted by Crippen LogP contribution is -2.52. The van der Waals surface area contributed by atoms with Crippen molar-refractivity contribution in [2.75, 3.05) is 6.54 Å². The van der Waals surface area contributed by atoms with E-state index in [9.17, 15) is 9.59 Å². The molecule has 2 atom stereocenters. The van der Waals surface area contributed by atoms with Crippen molar-refractivity contribution in [1.82, 2.24) is 10.2 Å². The number of fused-ring (bicyclic) bond motifs is 1. The Balaban J connectivity index is 1.52. The first-order valence-electron chi connectivity index (χ1n) is 8.95. The highest BCUT2D eigenvalue weighted by atomic mass is 35.5. The van der Waals surface area contributed by atoms with Crippen LogP contribution in [0.1, 0.15) is 47.3 Å². The highest BCUT2D eigenvalue weighted by Gasteiger charge is 2.47. The molecule has 0 spiro atoms. The first-order valence-corrected chi connectivity index (χ1v) is 9.33. The van der Waals surface area contributed by atoms with Crippen LogP contribution in [0.5, 0.6) is 0 Å². The number of aryl methyl sites for hydroxylation is 1. The van der Waals surface area contributed by atoms with Gasteiger partial charge in [-0.05, 0) is 55.5 Å². The number of nitrogens with one attached hydrogen (secondary N) is 1. The third-order valence-corrected chi connectivity index (χ3v) is 5.77. The predicted octanol–water partition coefficient (Wildman–Crippen LogP) is 3.75. The summed E-state index contributed by atoms with van der Waals surface area (Å²) in [5.41, 5.74) is 2.15. The molecule has 2 unspecified atom stereocenters. The van der Waals surface area contributed by atoms with Gasteiger partial charge in [0.2, 0.25) is 5.91 Å².